The number of hydrogen-bond acceptors (Lipinski definition) is 2. The SMILES string of the molecule is CCCC(C)CC.CCCCF.Cc1ccc(C2=C(c3ccc4[nH]ncc4c3)CCCc3cc(N)ccc32)cc1. The molecule has 214 valence electrons. The van der Waals surface area contributed by atoms with Gasteiger partial charge >= 0.3 is 0 Å². The van der Waals surface area contributed by atoms with Crippen LogP contribution in [-0.4, -0.2) is 16.9 Å². The molecule has 0 spiro atoms. The number of nitrogens with two attached hydrogens (primary N) is 1. The van der Waals surface area contributed by atoms with Gasteiger partial charge in [0.15, 0.2) is 0 Å². The monoisotopic (exact) mass is 541 g/mol. The summed E-state index contributed by atoms with van der Waals surface area (Å²) in [6.45, 7) is 10.7. The number of anilines is 1. The molecule has 40 heavy (non-hydrogen) atoms. The number of H-pyrrole nitrogens is 1. The number of halogens is 1. The Balaban J connectivity index is 0.000000311. The van der Waals surface area contributed by atoms with E-state index < -0.39 is 0 Å². The molecule has 4 aromatic rings. The van der Waals surface area contributed by atoms with Crippen LogP contribution in [0.5, 0.6) is 0 Å². The number of hydrogen-bond donors (Lipinski definition) is 2. The molecule has 0 bridgehead atoms. The molecule has 1 atom stereocenters. The quantitative estimate of drug-likeness (QED) is 0.229. The van der Waals surface area contributed by atoms with Crippen molar-refractivity contribution in [2.24, 2.45) is 5.92 Å². The third kappa shape index (κ3) is 8.55. The lowest BCUT2D eigenvalue weighted by atomic mass is 9.87. The second-order valence-electron chi connectivity index (χ2n) is 11.0. The van der Waals surface area contributed by atoms with Gasteiger partial charge in [0, 0.05) is 11.1 Å². The predicted molar refractivity (Wildman–Crippen MR) is 172 cm³/mol. The molecule has 4 heteroatoms. The van der Waals surface area contributed by atoms with Gasteiger partial charge in [0.2, 0.25) is 0 Å². The van der Waals surface area contributed by atoms with Crippen LogP contribution in [0.4, 0.5) is 10.1 Å². The van der Waals surface area contributed by atoms with E-state index in [9.17, 15) is 4.39 Å². The molecule has 0 fully saturated rings. The van der Waals surface area contributed by atoms with Crippen molar-refractivity contribution in [1.29, 1.82) is 0 Å². The van der Waals surface area contributed by atoms with Gasteiger partial charge in [0.25, 0.3) is 0 Å². The molecule has 0 saturated heterocycles. The largest absolute Gasteiger partial charge is 0.399 e. The zero-order valence-corrected chi connectivity index (χ0v) is 25.2. The standard InChI is InChI=1S/C25H23N3.C7H16.C4H9F/c1-16-5-7-17(8-6-16)25-22(19-9-12-24-20(13-19)15-27-28-24)4-2-3-18-14-21(26)10-11-23(18)25;1-4-6-7(3)5-2;1-2-3-4-5/h5-15H,2-4,26H2,1H3,(H,27,28);7H,4-6H2,1-3H3;2-4H2,1H3. The van der Waals surface area contributed by atoms with Crippen molar-refractivity contribution in [2.45, 2.75) is 86.0 Å². The molecule has 1 aliphatic rings. The van der Waals surface area contributed by atoms with Crippen LogP contribution >= 0.6 is 0 Å². The minimum absolute atomic E-state index is 0.156. The predicted octanol–water partition coefficient (Wildman–Crippen LogP) is 10.3. The van der Waals surface area contributed by atoms with E-state index in [4.69, 9.17) is 5.73 Å². The average molecular weight is 542 g/mol. The Hall–Kier alpha value is -3.40. The summed E-state index contributed by atoms with van der Waals surface area (Å²) in [5, 5.41) is 8.38. The third-order valence-electron chi connectivity index (χ3n) is 7.67. The number of rotatable bonds is 7. The van der Waals surface area contributed by atoms with Gasteiger partial charge in [0.1, 0.15) is 0 Å². The molecule has 1 aliphatic carbocycles. The number of nitrogens with zero attached hydrogens (tertiary/aromatic N) is 1. The Morgan fingerprint density at radius 1 is 0.925 bits per heavy atom. The Morgan fingerprint density at radius 3 is 2.30 bits per heavy atom. The number of nitrogens with one attached hydrogen (secondary N) is 1. The molecule has 1 heterocycles. The van der Waals surface area contributed by atoms with Crippen molar-refractivity contribution in [3.8, 4) is 0 Å². The minimum atomic E-state index is -0.156. The minimum Gasteiger partial charge on any atom is -0.399 e. The van der Waals surface area contributed by atoms with E-state index in [-0.39, 0.29) is 6.67 Å². The molecule has 3 nitrogen and oxygen atoms in total. The summed E-state index contributed by atoms with van der Waals surface area (Å²) in [6.07, 6.45) is 10.9. The number of fused-ring (bicyclic) bond motifs is 2. The lowest BCUT2D eigenvalue weighted by Crippen LogP contribution is -1.97. The molecule has 0 amide bonds. The lowest BCUT2D eigenvalue weighted by Gasteiger charge is -2.17. The van der Waals surface area contributed by atoms with Gasteiger partial charge in [-0.2, -0.15) is 5.10 Å². The summed E-state index contributed by atoms with van der Waals surface area (Å²) in [4.78, 5) is 0. The first-order valence-corrected chi connectivity index (χ1v) is 15.1. The number of nitrogen functional groups attached to an aromatic ring is 1. The summed E-state index contributed by atoms with van der Waals surface area (Å²) in [7, 11) is 0. The summed E-state index contributed by atoms with van der Waals surface area (Å²) in [5.74, 6) is 0.949. The summed E-state index contributed by atoms with van der Waals surface area (Å²) >= 11 is 0. The highest BCUT2D eigenvalue weighted by molar-refractivity contribution is 6.01. The number of benzene rings is 3. The first kappa shape index (κ1) is 31.1. The van der Waals surface area contributed by atoms with Gasteiger partial charge in [-0.15, -0.1) is 0 Å². The van der Waals surface area contributed by atoms with Crippen molar-refractivity contribution in [2.75, 3.05) is 12.4 Å². The van der Waals surface area contributed by atoms with Crippen molar-refractivity contribution in [3.63, 3.8) is 0 Å². The van der Waals surface area contributed by atoms with Crippen molar-refractivity contribution >= 4 is 27.7 Å². The van der Waals surface area contributed by atoms with Crippen molar-refractivity contribution < 1.29 is 4.39 Å². The molecular weight excluding hydrogens is 493 g/mol. The summed E-state index contributed by atoms with van der Waals surface area (Å²) < 4.78 is 11.0. The summed E-state index contributed by atoms with van der Waals surface area (Å²) in [6, 6.07) is 21.8. The fourth-order valence-corrected chi connectivity index (χ4v) is 5.11. The van der Waals surface area contributed by atoms with Crippen LogP contribution in [0.2, 0.25) is 0 Å². The first-order valence-electron chi connectivity index (χ1n) is 15.1. The number of aromatic nitrogens is 2. The number of aryl methyl sites for hydroxylation is 2. The van der Waals surface area contributed by atoms with Crippen molar-refractivity contribution in [1.82, 2.24) is 10.2 Å². The average Bonchev–Trinajstić information content (AvgIpc) is 3.35. The molecule has 1 aromatic heterocycles. The maximum absolute atomic E-state index is 11.0. The van der Waals surface area contributed by atoms with E-state index in [1.165, 1.54) is 58.2 Å². The Labute approximate surface area is 241 Å². The van der Waals surface area contributed by atoms with Crippen LogP contribution in [0.3, 0.4) is 0 Å². The number of alkyl halides is 1. The van der Waals surface area contributed by atoms with Crippen LogP contribution in [0, 0.1) is 12.8 Å². The Bertz CT molecular complexity index is 1350. The zero-order chi connectivity index (χ0) is 28.9. The maximum atomic E-state index is 11.0. The van der Waals surface area contributed by atoms with Crippen LogP contribution in [-0.2, 0) is 6.42 Å². The van der Waals surface area contributed by atoms with Crippen LogP contribution in [0.1, 0.15) is 100 Å². The van der Waals surface area contributed by atoms with Gasteiger partial charge in [-0.25, -0.2) is 0 Å². The number of allylic oxidation sites excluding steroid dienone is 1. The number of unbranched alkanes of at least 4 members (excludes halogenated alkanes) is 1. The van der Waals surface area contributed by atoms with Gasteiger partial charge < -0.3 is 5.73 Å². The van der Waals surface area contributed by atoms with Gasteiger partial charge in [-0.1, -0.05) is 95.3 Å². The molecule has 0 saturated carbocycles. The molecule has 5 rings (SSSR count). The summed E-state index contributed by atoms with van der Waals surface area (Å²) in [5.41, 5.74) is 17.2. The van der Waals surface area contributed by atoms with E-state index in [1.54, 1.807) is 0 Å². The van der Waals surface area contributed by atoms with E-state index in [0.717, 1.165) is 54.6 Å². The second kappa shape index (κ2) is 16.0. The van der Waals surface area contributed by atoms with Gasteiger partial charge in [0.05, 0.1) is 18.4 Å². The molecule has 1 unspecified atom stereocenters. The maximum Gasteiger partial charge on any atom is 0.0894 e. The van der Waals surface area contributed by atoms with E-state index in [0.29, 0.717) is 0 Å². The van der Waals surface area contributed by atoms with Crippen LogP contribution < -0.4 is 5.73 Å². The van der Waals surface area contributed by atoms with Crippen molar-refractivity contribution in [3.05, 3.63) is 94.7 Å². The topological polar surface area (TPSA) is 54.7 Å². The lowest BCUT2D eigenvalue weighted by molar-refractivity contribution is 0.469. The van der Waals surface area contributed by atoms with E-state index in [1.807, 2.05) is 19.2 Å². The fourth-order valence-electron chi connectivity index (χ4n) is 5.11. The highest BCUT2D eigenvalue weighted by Gasteiger charge is 2.20. The molecular formula is C36H48FN3. The number of aromatic amines is 1. The molecule has 3 aromatic carbocycles. The van der Waals surface area contributed by atoms with Gasteiger partial charge in [-0.05, 0) is 96.2 Å². The van der Waals surface area contributed by atoms with E-state index >= 15 is 0 Å². The Morgan fingerprint density at radius 2 is 1.68 bits per heavy atom. The molecule has 0 radical (unpaired) electrons. The third-order valence-corrected chi connectivity index (χ3v) is 7.67. The van der Waals surface area contributed by atoms with Crippen LogP contribution in [0.15, 0.2) is 66.9 Å². The zero-order valence-electron chi connectivity index (χ0n) is 25.2. The first-order chi connectivity index (χ1) is 19.4. The normalized spacial score (nSPS) is 13.4. The van der Waals surface area contributed by atoms with Gasteiger partial charge in [-0.3, -0.25) is 9.49 Å². The fraction of sp³-hybridized carbons (Fsp3) is 0.417. The molecule has 0 aliphatic heterocycles. The highest BCUT2D eigenvalue weighted by Crippen LogP contribution is 2.40. The highest BCUT2D eigenvalue weighted by atomic mass is 19.1. The van der Waals surface area contributed by atoms with Crippen LogP contribution in [0.25, 0.3) is 22.0 Å². The smallest absolute Gasteiger partial charge is 0.0894 e. The molecule has 3 N–H and O–H groups in total. The Kier molecular flexibility index (Phi) is 12.5. The second-order valence-corrected chi connectivity index (χ2v) is 11.0. The van der Waals surface area contributed by atoms with E-state index in [2.05, 4.69) is 92.5 Å².